The molecule has 0 radical (unpaired) electrons. The number of fused-ring (bicyclic) bond motifs is 1. The molecular weight excluding hydrogens is 185 g/mol. The van der Waals surface area contributed by atoms with Gasteiger partial charge in [-0.2, -0.15) is 5.26 Å². The largest absolute Gasteiger partial charge is 0.317 e. The van der Waals surface area contributed by atoms with Gasteiger partial charge < -0.3 is 4.98 Å². The molecule has 0 unspecified atom stereocenters. The van der Waals surface area contributed by atoms with E-state index in [0.29, 0.717) is 0 Å². The fourth-order valence-electron chi connectivity index (χ4n) is 1.17. The van der Waals surface area contributed by atoms with E-state index >= 15 is 0 Å². The molecular formula is C9H4FN3O. The van der Waals surface area contributed by atoms with Gasteiger partial charge in [-0.15, -0.1) is 0 Å². The highest BCUT2D eigenvalue weighted by Gasteiger charge is 2.04. The standard InChI is InChI=1S/C9H4FN3O/c10-6-1-5(3-11)2-7-9(6)13-8(14)4-12-7/h1-2,4H,(H,13,14). The van der Waals surface area contributed by atoms with Gasteiger partial charge >= 0.3 is 0 Å². The minimum absolute atomic E-state index is 0.0245. The number of nitrogens with zero attached hydrogens (tertiary/aromatic N) is 2. The number of aromatic nitrogens is 2. The number of benzene rings is 1. The van der Waals surface area contributed by atoms with Gasteiger partial charge in [-0.1, -0.05) is 0 Å². The first-order valence-electron chi connectivity index (χ1n) is 3.79. The predicted octanol–water partition coefficient (Wildman–Crippen LogP) is 0.934. The van der Waals surface area contributed by atoms with Crippen molar-refractivity contribution >= 4 is 11.0 Å². The Labute approximate surface area is 77.6 Å². The van der Waals surface area contributed by atoms with E-state index in [2.05, 4.69) is 9.97 Å². The maximum Gasteiger partial charge on any atom is 0.266 e. The lowest BCUT2D eigenvalue weighted by Gasteiger charge is -1.97. The first kappa shape index (κ1) is 8.38. The van der Waals surface area contributed by atoms with Gasteiger partial charge in [0.05, 0.1) is 23.3 Å². The van der Waals surface area contributed by atoms with Crippen molar-refractivity contribution in [1.82, 2.24) is 9.97 Å². The molecule has 4 nitrogen and oxygen atoms in total. The van der Waals surface area contributed by atoms with Crippen LogP contribution in [0.25, 0.3) is 11.0 Å². The van der Waals surface area contributed by atoms with Crippen molar-refractivity contribution in [3.05, 3.63) is 40.1 Å². The molecule has 0 fully saturated rings. The number of halogens is 1. The lowest BCUT2D eigenvalue weighted by atomic mass is 10.2. The third-order valence-corrected chi connectivity index (χ3v) is 1.77. The zero-order chi connectivity index (χ0) is 10.1. The second-order valence-corrected chi connectivity index (χ2v) is 2.71. The summed E-state index contributed by atoms with van der Waals surface area (Å²) in [6.07, 6.45) is 1.04. The molecule has 1 aromatic carbocycles. The highest BCUT2D eigenvalue weighted by atomic mass is 19.1. The Morgan fingerprint density at radius 1 is 1.50 bits per heavy atom. The van der Waals surface area contributed by atoms with Crippen LogP contribution >= 0.6 is 0 Å². The summed E-state index contributed by atoms with van der Waals surface area (Å²) in [6, 6.07) is 4.27. The maximum atomic E-state index is 13.3. The molecule has 0 amide bonds. The van der Waals surface area contributed by atoms with Gasteiger partial charge in [0, 0.05) is 0 Å². The summed E-state index contributed by atoms with van der Waals surface area (Å²) in [6.45, 7) is 0. The molecule has 0 aliphatic heterocycles. The summed E-state index contributed by atoms with van der Waals surface area (Å²) in [7, 11) is 0. The summed E-state index contributed by atoms with van der Waals surface area (Å²) in [5.41, 5.74) is -0.00620. The highest BCUT2D eigenvalue weighted by Crippen LogP contribution is 2.13. The molecule has 0 aliphatic carbocycles. The van der Waals surface area contributed by atoms with E-state index in [4.69, 9.17) is 5.26 Å². The van der Waals surface area contributed by atoms with Crippen molar-refractivity contribution < 1.29 is 4.39 Å². The van der Waals surface area contributed by atoms with Gasteiger partial charge in [0.2, 0.25) is 0 Å². The zero-order valence-electron chi connectivity index (χ0n) is 6.91. The number of hydrogen-bond acceptors (Lipinski definition) is 3. The number of aromatic amines is 1. The Bertz CT molecular complexity index is 597. The molecule has 0 atom stereocenters. The van der Waals surface area contributed by atoms with Crippen molar-refractivity contribution in [1.29, 1.82) is 5.26 Å². The topological polar surface area (TPSA) is 69.5 Å². The summed E-state index contributed by atoms with van der Waals surface area (Å²) in [5, 5.41) is 8.56. The Hall–Kier alpha value is -2.22. The molecule has 1 heterocycles. The van der Waals surface area contributed by atoms with Crippen LogP contribution in [0.4, 0.5) is 4.39 Å². The smallest absolute Gasteiger partial charge is 0.266 e. The summed E-state index contributed by atoms with van der Waals surface area (Å²) in [4.78, 5) is 16.9. The zero-order valence-corrected chi connectivity index (χ0v) is 6.91. The van der Waals surface area contributed by atoms with E-state index in [9.17, 15) is 9.18 Å². The van der Waals surface area contributed by atoms with E-state index in [1.54, 1.807) is 6.07 Å². The van der Waals surface area contributed by atoms with Crippen LogP contribution in [0.2, 0.25) is 0 Å². The summed E-state index contributed by atoms with van der Waals surface area (Å²) in [5.74, 6) is -0.649. The Balaban J connectivity index is 2.91. The van der Waals surface area contributed by atoms with Gasteiger partial charge in [0.1, 0.15) is 11.3 Å². The van der Waals surface area contributed by atoms with Crippen LogP contribution in [0.15, 0.2) is 23.1 Å². The van der Waals surface area contributed by atoms with Gasteiger partial charge in [-0.3, -0.25) is 4.79 Å². The Morgan fingerprint density at radius 2 is 2.29 bits per heavy atom. The maximum absolute atomic E-state index is 13.3. The molecule has 0 spiro atoms. The lowest BCUT2D eigenvalue weighted by Crippen LogP contribution is -2.06. The van der Waals surface area contributed by atoms with Crippen molar-refractivity contribution in [2.75, 3.05) is 0 Å². The molecule has 1 N–H and O–H groups in total. The van der Waals surface area contributed by atoms with E-state index in [0.717, 1.165) is 12.3 Å². The molecule has 5 heteroatoms. The fraction of sp³-hybridized carbons (Fsp3) is 0. The van der Waals surface area contributed by atoms with Crippen molar-refractivity contribution in [3.63, 3.8) is 0 Å². The Kier molecular flexibility index (Phi) is 1.75. The normalized spacial score (nSPS) is 10.0. The van der Waals surface area contributed by atoms with Crippen molar-refractivity contribution in [2.24, 2.45) is 0 Å². The number of nitriles is 1. The first-order valence-corrected chi connectivity index (χ1v) is 3.79. The van der Waals surface area contributed by atoms with E-state index in [1.165, 1.54) is 6.07 Å². The summed E-state index contributed by atoms with van der Waals surface area (Å²) < 4.78 is 13.3. The van der Waals surface area contributed by atoms with Crippen LogP contribution in [-0.4, -0.2) is 9.97 Å². The monoisotopic (exact) mass is 189 g/mol. The molecule has 0 saturated carbocycles. The second-order valence-electron chi connectivity index (χ2n) is 2.71. The van der Waals surface area contributed by atoms with Crippen LogP contribution in [0.5, 0.6) is 0 Å². The third kappa shape index (κ3) is 1.23. The van der Waals surface area contributed by atoms with Crippen LogP contribution in [0, 0.1) is 17.1 Å². The molecule has 1 aromatic heterocycles. The first-order chi connectivity index (χ1) is 6.70. The molecule has 68 valence electrons. The Morgan fingerprint density at radius 3 is 3.00 bits per heavy atom. The van der Waals surface area contributed by atoms with Gasteiger partial charge in [-0.25, -0.2) is 9.37 Å². The minimum atomic E-state index is -0.649. The lowest BCUT2D eigenvalue weighted by molar-refractivity contribution is 0.635. The molecule has 2 aromatic rings. The fourth-order valence-corrected chi connectivity index (χ4v) is 1.17. The number of rotatable bonds is 0. The van der Waals surface area contributed by atoms with Gasteiger partial charge in [-0.05, 0) is 12.1 Å². The van der Waals surface area contributed by atoms with Gasteiger partial charge in [0.15, 0.2) is 0 Å². The SMILES string of the molecule is N#Cc1cc(F)c2[nH]c(=O)cnc2c1. The molecule has 0 bridgehead atoms. The number of H-pyrrole nitrogens is 1. The van der Waals surface area contributed by atoms with Crippen LogP contribution in [-0.2, 0) is 0 Å². The quantitative estimate of drug-likeness (QED) is 0.670. The predicted molar refractivity (Wildman–Crippen MR) is 47.0 cm³/mol. The second kappa shape index (κ2) is 2.92. The molecule has 2 rings (SSSR count). The van der Waals surface area contributed by atoms with Crippen molar-refractivity contribution in [2.45, 2.75) is 0 Å². The average molecular weight is 189 g/mol. The van der Waals surface area contributed by atoms with Crippen molar-refractivity contribution in [3.8, 4) is 6.07 Å². The van der Waals surface area contributed by atoms with Crippen LogP contribution in [0.3, 0.4) is 0 Å². The molecule has 0 saturated heterocycles. The van der Waals surface area contributed by atoms with Crippen LogP contribution < -0.4 is 5.56 Å². The number of nitrogens with one attached hydrogen (secondary N) is 1. The van der Waals surface area contributed by atoms with Gasteiger partial charge in [0.25, 0.3) is 5.56 Å². The molecule has 14 heavy (non-hydrogen) atoms. The molecule has 0 aliphatic rings. The highest BCUT2D eigenvalue weighted by molar-refractivity contribution is 5.76. The minimum Gasteiger partial charge on any atom is -0.317 e. The van der Waals surface area contributed by atoms with Crippen LogP contribution in [0.1, 0.15) is 5.56 Å². The van der Waals surface area contributed by atoms with E-state index in [-0.39, 0.29) is 16.6 Å². The van der Waals surface area contributed by atoms with E-state index < -0.39 is 11.4 Å². The van der Waals surface area contributed by atoms with E-state index in [1.807, 2.05) is 0 Å². The average Bonchev–Trinajstić information content (AvgIpc) is 2.19. The number of hydrogen-bond donors (Lipinski definition) is 1. The summed E-state index contributed by atoms with van der Waals surface area (Å²) >= 11 is 0. The third-order valence-electron chi connectivity index (χ3n) is 1.77.